The van der Waals surface area contributed by atoms with Crippen molar-refractivity contribution in [1.29, 1.82) is 0 Å². The maximum atomic E-state index is 13.1. The first-order valence-corrected chi connectivity index (χ1v) is 11.6. The van der Waals surface area contributed by atoms with Crippen molar-refractivity contribution < 1.29 is 22.7 Å². The van der Waals surface area contributed by atoms with Crippen LogP contribution in [0.15, 0.2) is 51.8 Å². The third-order valence-corrected chi connectivity index (χ3v) is 7.57. The van der Waals surface area contributed by atoms with Gasteiger partial charge in [0.15, 0.2) is 11.5 Å². The normalized spacial score (nSPS) is 17.6. The van der Waals surface area contributed by atoms with Crippen LogP contribution < -0.4 is 9.47 Å². The van der Waals surface area contributed by atoms with Gasteiger partial charge in [0.1, 0.15) is 0 Å². The van der Waals surface area contributed by atoms with Crippen molar-refractivity contribution in [2.24, 2.45) is 0 Å². The highest BCUT2D eigenvalue weighted by atomic mass is 79.9. The number of piperazine rings is 1. The van der Waals surface area contributed by atoms with Gasteiger partial charge < -0.3 is 14.4 Å². The van der Waals surface area contributed by atoms with E-state index in [9.17, 15) is 13.2 Å². The van der Waals surface area contributed by atoms with Gasteiger partial charge in [-0.25, -0.2) is 8.42 Å². The van der Waals surface area contributed by atoms with Crippen LogP contribution >= 0.6 is 15.9 Å². The molecular weight excluding hydrogens is 460 g/mol. The van der Waals surface area contributed by atoms with Gasteiger partial charge in [0, 0.05) is 43.1 Å². The monoisotopic (exact) mass is 480 g/mol. The number of fused-ring (bicyclic) bond motifs is 1. The zero-order valence-corrected chi connectivity index (χ0v) is 18.1. The molecule has 1 fully saturated rings. The summed E-state index contributed by atoms with van der Waals surface area (Å²) in [5.74, 6) is 0.904. The zero-order chi connectivity index (χ0) is 20.4. The van der Waals surface area contributed by atoms with Crippen LogP contribution in [-0.2, 0) is 10.0 Å². The molecule has 2 aromatic carbocycles. The lowest BCUT2D eigenvalue weighted by atomic mass is 10.2. The van der Waals surface area contributed by atoms with Gasteiger partial charge in [-0.2, -0.15) is 4.31 Å². The summed E-state index contributed by atoms with van der Waals surface area (Å²) in [4.78, 5) is 14.6. The Morgan fingerprint density at radius 2 is 1.62 bits per heavy atom. The fourth-order valence-corrected chi connectivity index (χ4v) is 5.28. The highest BCUT2D eigenvalue weighted by Gasteiger charge is 2.31. The van der Waals surface area contributed by atoms with Crippen LogP contribution in [0.2, 0.25) is 0 Å². The Kier molecular flexibility index (Phi) is 5.80. The molecule has 0 aliphatic carbocycles. The number of benzene rings is 2. The van der Waals surface area contributed by atoms with E-state index in [2.05, 4.69) is 15.9 Å². The highest BCUT2D eigenvalue weighted by Crippen LogP contribution is 2.33. The van der Waals surface area contributed by atoms with Gasteiger partial charge in [-0.05, 0) is 40.2 Å². The number of amides is 1. The number of carbonyl (C=O) groups is 1. The molecule has 0 unspecified atom stereocenters. The van der Waals surface area contributed by atoms with Crippen LogP contribution in [-0.4, -0.2) is 62.9 Å². The van der Waals surface area contributed by atoms with Crippen LogP contribution in [0, 0.1) is 0 Å². The molecule has 1 saturated heterocycles. The van der Waals surface area contributed by atoms with Crippen LogP contribution in [0.1, 0.15) is 16.8 Å². The second-order valence-corrected chi connectivity index (χ2v) is 9.63. The average Bonchev–Trinajstić information content (AvgIpc) is 2.98. The van der Waals surface area contributed by atoms with Crippen molar-refractivity contribution in [3.63, 3.8) is 0 Å². The number of rotatable bonds is 3. The number of halogens is 1. The molecule has 0 radical (unpaired) electrons. The SMILES string of the molecule is O=C(c1ccccc1Br)N1CCN(S(=O)(=O)c2ccc3c(c2)OCCCO3)CC1. The van der Waals surface area contributed by atoms with Crippen molar-refractivity contribution in [2.45, 2.75) is 11.3 Å². The van der Waals surface area contributed by atoms with Crippen molar-refractivity contribution in [2.75, 3.05) is 39.4 Å². The fourth-order valence-electron chi connectivity index (χ4n) is 3.39. The molecule has 0 saturated carbocycles. The molecule has 29 heavy (non-hydrogen) atoms. The third-order valence-electron chi connectivity index (χ3n) is 4.99. The van der Waals surface area contributed by atoms with Gasteiger partial charge in [-0.15, -0.1) is 0 Å². The third kappa shape index (κ3) is 4.12. The number of carbonyl (C=O) groups excluding carboxylic acids is 1. The Balaban J connectivity index is 1.47. The molecule has 4 rings (SSSR count). The molecule has 2 aliphatic rings. The molecule has 2 aromatic rings. The standard InChI is InChI=1S/C20H21BrN2O5S/c21-17-5-2-1-4-16(17)20(24)22-8-10-23(11-9-22)29(25,26)15-6-7-18-19(14-15)28-13-3-12-27-18/h1-2,4-7,14H,3,8-13H2. The quantitative estimate of drug-likeness (QED) is 0.674. The molecule has 0 bridgehead atoms. The highest BCUT2D eigenvalue weighted by molar-refractivity contribution is 9.10. The van der Waals surface area contributed by atoms with E-state index in [0.717, 1.165) is 10.9 Å². The number of hydrogen-bond donors (Lipinski definition) is 0. The summed E-state index contributed by atoms with van der Waals surface area (Å²) >= 11 is 3.40. The summed E-state index contributed by atoms with van der Waals surface area (Å²) in [6.45, 7) is 2.20. The van der Waals surface area contributed by atoms with Gasteiger partial charge in [-0.3, -0.25) is 4.79 Å². The number of hydrogen-bond acceptors (Lipinski definition) is 5. The van der Waals surface area contributed by atoms with E-state index in [4.69, 9.17) is 9.47 Å². The van der Waals surface area contributed by atoms with Crippen molar-refractivity contribution >= 4 is 31.9 Å². The lowest BCUT2D eigenvalue weighted by Gasteiger charge is -2.34. The number of nitrogens with zero attached hydrogens (tertiary/aromatic N) is 2. The van der Waals surface area contributed by atoms with Crippen LogP contribution in [0.25, 0.3) is 0 Å². The summed E-state index contributed by atoms with van der Waals surface area (Å²) in [6.07, 6.45) is 0.754. The molecule has 0 atom stereocenters. The molecular formula is C20H21BrN2O5S. The first-order valence-electron chi connectivity index (χ1n) is 9.40. The topological polar surface area (TPSA) is 76.2 Å². The van der Waals surface area contributed by atoms with Gasteiger partial charge >= 0.3 is 0 Å². The maximum absolute atomic E-state index is 13.1. The summed E-state index contributed by atoms with van der Waals surface area (Å²) in [5, 5.41) is 0. The minimum Gasteiger partial charge on any atom is -0.490 e. The zero-order valence-electron chi connectivity index (χ0n) is 15.7. The first-order chi connectivity index (χ1) is 14.0. The molecule has 2 heterocycles. The van der Waals surface area contributed by atoms with Gasteiger partial charge in [0.05, 0.1) is 23.7 Å². The summed E-state index contributed by atoms with van der Waals surface area (Å²) < 4.78 is 39.5. The predicted octanol–water partition coefficient (Wildman–Crippen LogP) is 2.76. The summed E-state index contributed by atoms with van der Waals surface area (Å²) in [5.41, 5.74) is 0.576. The minimum absolute atomic E-state index is 0.106. The Labute approximate surface area is 178 Å². The van der Waals surface area contributed by atoms with Crippen molar-refractivity contribution in [3.8, 4) is 11.5 Å². The van der Waals surface area contributed by atoms with Crippen molar-refractivity contribution in [1.82, 2.24) is 9.21 Å². The maximum Gasteiger partial charge on any atom is 0.255 e. The van der Waals surface area contributed by atoms with Crippen LogP contribution in [0.4, 0.5) is 0 Å². The van der Waals surface area contributed by atoms with Gasteiger partial charge in [-0.1, -0.05) is 12.1 Å². The molecule has 0 spiro atoms. The summed E-state index contributed by atoms with van der Waals surface area (Å²) in [6, 6.07) is 11.9. The van der Waals surface area contributed by atoms with E-state index in [0.29, 0.717) is 43.4 Å². The molecule has 0 N–H and O–H groups in total. The molecule has 154 valence electrons. The van der Waals surface area contributed by atoms with Gasteiger partial charge in [0.25, 0.3) is 5.91 Å². The van der Waals surface area contributed by atoms with Crippen LogP contribution in [0.5, 0.6) is 11.5 Å². The molecule has 7 nitrogen and oxygen atoms in total. The van der Waals surface area contributed by atoms with E-state index in [1.165, 1.54) is 10.4 Å². The lowest BCUT2D eigenvalue weighted by Crippen LogP contribution is -2.50. The fraction of sp³-hybridized carbons (Fsp3) is 0.350. The Morgan fingerprint density at radius 1 is 0.931 bits per heavy atom. The molecule has 2 aliphatic heterocycles. The average molecular weight is 481 g/mol. The van der Waals surface area contributed by atoms with E-state index < -0.39 is 10.0 Å². The molecule has 1 amide bonds. The Morgan fingerprint density at radius 3 is 2.34 bits per heavy atom. The predicted molar refractivity (Wildman–Crippen MR) is 111 cm³/mol. The largest absolute Gasteiger partial charge is 0.490 e. The minimum atomic E-state index is -3.68. The lowest BCUT2D eigenvalue weighted by molar-refractivity contribution is 0.0697. The van der Waals surface area contributed by atoms with Gasteiger partial charge in [0.2, 0.25) is 10.0 Å². The Bertz CT molecular complexity index is 1020. The second kappa shape index (κ2) is 8.33. The van der Waals surface area contributed by atoms with E-state index >= 15 is 0 Å². The second-order valence-electron chi connectivity index (χ2n) is 6.84. The summed E-state index contributed by atoms with van der Waals surface area (Å²) in [7, 11) is -3.68. The Hall–Kier alpha value is -2.10. The molecule has 9 heteroatoms. The molecule has 0 aromatic heterocycles. The number of ether oxygens (including phenoxy) is 2. The van der Waals surface area contributed by atoms with E-state index in [-0.39, 0.29) is 23.9 Å². The first kappa shape index (κ1) is 20.2. The van der Waals surface area contributed by atoms with Crippen LogP contribution in [0.3, 0.4) is 0 Å². The smallest absolute Gasteiger partial charge is 0.255 e. The van der Waals surface area contributed by atoms with E-state index in [1.54, 1.807) is 23.1 Å². The van der Waals surface area contributed by atoms with E-state index in [1.807, 2.05) is 18.2 Å². The van der Waals surface area contributed by atoms with Crippen molar-refractivity contribution in [3.05, 3.63) is 52.5 Å². The number of sulfonamides is 1.